The quantitative estimate of drug-likeness (QED) is 0.198. The molecule has 8 N–H and O–H groups in total. The maximum atomic E-state index is 15.3. The van der Waals surface area contributed by atoms with Gasteiger partial charge in [0.2, 0.25) is 5.95 Å². The molecule has 192 valence electrons. The van der Waals surface area contributed by atoms with E-state index in [4.69, 9.17) is 25.2 Å². The number of H-pyrrole nitrogens is 1. The number of alkyl halides is 2. The van der Waals surface area contributed by atoms with E-state index in [1.807, 2.05) is 0 Å². The number of imidazole rings is 1. The minimum atomic E-state index is -5.91. The summed E-state index contributed by atoms with van der Waals surface area (Å²) in [6.07, 6.45) is -4.03. The first-order chi connectivity index (χ1) is 15.3. The van der Waals surface area contributed by atoms with Gasteiger partial charge in [-0.25, -0.2) is 27.5 Å². The normalized spacial score (nSPS) is 31.4. The Morgan fingerprint density at radius 3 is 2.44 bits per heavy atom. The van der Waals surface area contributed by atoms with Crippen LogP contribution in [0.5, 0.6) is 0 Å². The van der Waals surface area contributed by atoms with Crippen molar-refractivity contribution in [3.8, 4) is 0 Å². The lowest BCUT2D eigenvalue weighted by Crippen LogP contribution is -2.46. The molecule has 34 heavy (non-hydrogen) atoms. The van der Waals surface area contributed by atoms with Crippen LogP contribution in [0, 0.1) is 0 Å². The van der Waals surface area contributed by atoms with Crippen LogP contribution in [-0.2, 0) is 31.6 Å². The standard InChI is InChI=1S/C11H16F2N5O13P3/c1-10(12)7(20)11(13,2-28-33(24,25)31-34(26,27)30-32(21,22)23)29-8(10)18-3-15-4-5(18)16-9(14)17-6(4)19/h3,7-8,20H,2H2,1H3,(H,24,25)(H,26,27)(H2,21,22,23)(H3,14,16,17,19). The van der Waals surface area contributed by atoms with Crippen molar-refractivity contribution in [3.05, 3.63) is 16.7 Å². The maximum absolute atomic E-state index is 15.3. The minimum Gasteiger partial charge on any atom is -0.384 e. The van der Waals surface area contributed by atoms with Crippen molar-refractivity contribution < 1.29 is 65.0 Å². The highest BCUT2D eigenvalue weighted by Crippen LogP contribution is 2.66. The summed E-state index contributed by atoms with van der Waals surface area (Å²) < 4.78 is 80.9. The van der Waals surface area contributed by atoms with Crippen molar-refractivity contribution in [3.63, 3.8) is 0 Å². The Kier molecular flexibility index (Phi) is 6.72. The van der Waals surface area contributed by atoms with E-state index in [0.29, 0.717) is 11.5 Å². The second kappa shape index (κ2) is 8.48. The molecular weight excluding hydrogens is 541 g/mol. The molecule has 0 amide bonds. The third kappa shape index (κ3) is 5.43. The third-order valence-electron chi connectivity index (χ3n) is 4.28. The summed E-state index contributed by atoms with van der Waals surface area (Å²) in [6.45, 7) is -1.15. The van der Waals surface area contributed by atoms with Gasteiger partial charge in [-0.05, 0) is 6.92 Å². The average Bonchev–Trinajstić information content (AvgIpc) is 3.11. The predicted molar refractivity (Wildman–Crippen MR) is 102 cm³/mol. The van der Waals surface area contributed by atoms with Crippen molar-refractivity contribution in [1.29, 1.82) is 0 Å². The van der Waals surface area contributed by atoms with Crippen molar-refractivity contribution in [2.75, 3.05) is 12.3 Å². The molecule has 0 spiro atoms. The number of phosphoric ester groups is 1. The van der Waals surface area contributed by atoms with Gasteiger partial charge in [-0.2, -0.15) is 13.6 Å². The van der Waals surface area contributed by atoms with Gasteiger partial charge in [-0.1, -0.05) is 0 Å². The van der Waals surface area contributed by atoms with Crippen LogP contribution in [0.4, 0.5) is 14.7 Å². The van der Waals surface area contributed by atoms with Crippen molar-refractivity contribution in [1.82, 2.24) is 19.5 Å². The first-order valence-corrected chi connectivity index (χ1v) is 13.0. The fraction of sp³-hybridized carbons (Fsp3) is 0.545. The van der Waals surface area contributed by atoms with Gasteiger partial charge in [-0.15, -0.1) is 0 Å². The molecular formula is C11H16F2N5O13P3. The predicted octanol–water partition coefficient (Wildman–Crippen LogP) is -0.671. The number of nitrogen functional groups attached to an aromatic ring is 1. The number of aliphatic hydroxyl groups excluding tert-OH is 1. The Labute approximate surface area is 185 Å². The van der Waals surface area contributed by atoms with Crippen LogP contribution in [0.25, 0.3) is 11.2 Å². The highest BCUT2D eigenvalue weighted by Gasteiger charge is 2.65. The highest BCUT2D eigenvalue weighted by atomic mass is 31.3. The number of nitrogens with two attached hydrogens (primary N) is 1. The number of ether oxygens (including phenoxy) is 1. The number of phosphoric acid groups is 3. The molecule has 3 rings (SSSR count). The van der Waals surface area contributed by atoms with Gasteiger partial charge < -0.3 is 35.2 Å². The molecule has 2 aromatic rings. The Morgan fingerprint density at radius 1 is 1.24 bits per heavy atom. The second-order valence-corrected chi connectivity index (χ2v) is 11.4. The molecule has 6 atom stereocenters. The third-order valence-corrected chi connectivity index (χ3v) is 8.06. The smallest absolute Gasteiger partial charge is 0.384 e. The number of nitrogens with zero attached hydrogens (tertiary/aromatic N) is 3. The number of aromatic nitrogens is 4. The largest absolute Gasteiger partial charge is 0.490 e. The summed E-state index contributed by atoms with van der Waals surface area (Å²) in [5.74, 6) is -4.04. The lowest BCUT2D eigenvalue weighted by Gasteiger charge is -2.25. The first-order valence-electron chi connectivity index (χ1n) is 8.51. The summed E-state index contributed by atoms with van der Waals surface area (Å²) in [4.78, 5) is 56.9. The summed E-state index contributed by atoms with van der Waals surface area (Å²) >= 11 is 0. The molecule has 23 heteroatoms. The summed E-state index contributed by atoms with van der Waals surface area (Å²) in [5, 5.41) is 10.2. The maximum Gasteiger partial charge on any atom is 0.490 e. The van der Waals surface area contributed by atoms with Crippen molar-refractivity contribution in [2.24, 2.45) is 0 Å². The van der Waals surface area contributed by atoms with E-state index in [2.05, 4.69) is 28.1 Å². The fourth-order valence-corrected chi connectivity index (χ4v) is 5.98. The van der Waals surface area contributed by atoms with Gasteiger partial charge in [0.05, 0.1) is 6.33 Å². The number of rotatable bonds is 8. The van der Waals surface area contributed by atoms with E-state index < -0.39 is 65.4 Å². The van der Waals surface area contributed by atoms with Crippen LogP contribution in [0.2, 0.25) is 0 Å². The Hall–Kier alpha value is -1.66. The number of hydrogen-bond acceptors (Lipinski definition) is 12. The molecule has 0 aliphatic carbocycles. The first kappa shape index (κ1) is 26.9. The molecule has 0 bridgehead atoms. The van der Waals surface area contributed by atoms with Crippen LogP contribution in [-0.4, -0.2) is 68.4 Å². The van der Waals surface area contributed by atoms with E-state index in [0.717, 1.165) is 6.33 Å². The molecule has 18 nitrogen and oxygen atoms in total. The Morgan fingerprint density at radius 2 is 1.85 bits per heavy atom. The number of fused-ring (bicyclic) bond motifs is 1. The topological polar surface area (TPSA) is 279 Å². The molecule has 1 fully saturated rings. The summed E-state index contributed by atoms with van der Waals surface area (Å²) in [6, 6.07) is 0. The van der Waals surface area contributed by atoms with Crippen LogP contribution >= 0.6 is 23.5 Å². The SMILES string of the molecule is CC1(F)C(n2cnc3c(=O)[nH]c(N)nc32)OC(F)(COP(=O)(O)OP(=O)(O)OP(=O)(O)O)C1O. The van der Waals surface area contributed by atoms with Gasteiger partial charge in [0.15, 0.2) is 29.2 Å². The molecule has 0 saturated carbocycles. The molecule has 2 aromatic heterocycles. The molecule has 1 saturated heterocycles. The number of aromatic amines is 1. The Bertz CT molecular complexity index is 1310. The zero-order valence-corrected chi connectivity index (χ0v) is 19.1. The molecule has 1 aliphatic heterocycles. The van der Waals surface area contributed by atoms with Crippen LogP contribution in [0.1, 0.15) is 13.2 Å². The molecule has 0 aromatic carbocycles. The van der Waals surface area contributed by atoms with E-state index in [-0.39, 0.29) is 11.2 Å². The monoisotopic (exact) mass is 557 g/mol. The highest BCUT2D eigenvalue weighted by molar-refractivity contribution is 7.66. The lowest BCUT2D eigenvalue weighted by atomic mass is 9.97. The average molecular weight is 557 g/mol. The van der Waals surface area contributed by atoms with E-state index in [1.165, 1.54) is 0 Å². The Balaban J connectivity index is 1.84. The minimum absolute atomic E-state index is 0.354. The number of aliphatic hydroxyl groups is 1. The van der Waals surface area contributed by atoms with Gasteiger partial charge in [0, 0.05) is 0 Å². The number of nitrogens with one attached hydrogen (secondary N) is 1. The van der Waals surface area contributed by atoms with Crippen LogP contribution < -0.4 is 11.3 Å². The number of halogens is 2. The van der Waals surface area contributed by atoms with Gasteiger partial charge in [-0.3, -0.25) is 18.9 Å². The number of anilines is 1. The van der Waals surface area contributed by atoms with Gasteiger partial charge in [0.1, 0.15) is 6.61 Å². The zero-order chi connectivity index (χ0) is 25.9. The molecule has 3 heterocycles. The van der Waals surface area contributed by atoms with E-state index >= 15 is 8.78 Å². The van der Waals surface area contributed by atoms with Crippen LogP contribution in [0.15, 0.2) is 11.1 Å². The lowest BCUT2D eigenvalue weighted by molar-refractivity contribution is -0.203. The van der Waals surface area contributed by atoms with Crippen molar-refractivity contribution in [2.45, 2.75) is 30.8 Å². The molecule has 1 aliphatic rings. The second-order valence-electron chi connectivity index (χ2n) is 6.95. The van der Waals surface area contributed by atoms with Gasteiger partial charge >= 0.3 is 23.5 Å². The van der Waals surface area contributed by atoms with Gasteiger partial charge in [0.25, 0.3) is 11.4 Å². The molecule has 6 unspecified atom stereocenters. The number of hydrogen-bond donors (Lipinski definition) is 7. The van der Waals surface area contributed by atoms with Crippen molar-refractivity contribution >= 4 is 40.6 Å². The van der Waals surface area contributed by atoms with E-state index in [1.54, 1.807) is 0 Å². The summed E-state index contributed by atoms with van der Waals surface area (Å²) in [5.41, 5.74) is 0.833. The van der Waals surface area contributed by atoms with Crippen LogP contribution in [0.3, 0.4) is 0 Å². The molecule has 0 radical (unpaired) electrons. The summed E-state index contributed by atoms with van der Waals surface area (Å²) in [7, 11) is -17.4. The fourth-order valence-electron chi connectivity index (χ4n) is 2.95. The van der Waals surface area contributed by atoms with E-state index in [9.17, 15) is 28.5 Å². The zero-order valence-electron chi connectivity index (χ0n) is 16.5.